The largest absolute Gasteiger partial charge is 0.372 e. The van der Waals surface area contributed by atoms with Crippen LogP contribution < -0.4 is 10.6 Å². The van der Waals surface area contributed by atoms with Crippen LogP contribution in [-0.4, -0.2) is 23.0 Å². The highest BCUT2D eigenvalue weighted by atomic mass is 79.9. The number of carbonyl (C=O) groups is 1. The van der Waals surface area contributed by atoms with E-state index in [0.29, 0.717) is 6.04 Å². The third-order valence-corrected chi connectivity index (χ3v) is 3.80. The molecular formula is C15H16BrN3O. The van der Waals surface area contributed by atoms with Crippen molar-refractivity contribution in [1.29, 1.82) is 0 Å². The fraction of sp³-hybridized carbons (Fsp3) is 0.333. The molecule has 4 nitrogen and oxygen atoms in total. The second kappa shape index (κ2) is 5.40. The van der Waals surface area contributed by atoms with Crippen LogP contribution >= 0.6 is 15.9 Å². The number of carbonyl (C=O) groups excluding carboxylic acids is 1. The van der Waals surface area contributed by atoms with E-state index in [0.717, 1.165) is 33.9 Å². The van der Waals surface area contributed by atoms with Gasteiger partial charge in [0.2, 0.25) is 5.91 Å². The molecule has 0 aliphatic heterocycles. The Morgan fingerprint density at radius 1 is 1.45 bits per heavy atom. The molecule has 1 unspecified atom stereocenters. The summed E-state index contributed by atoms with van der Waals surface area (Å²) in [4.78, 5) is 16.4. The number of halogens is 1. The van der Waals surface area contributed by atoms with Gasteiger partial charge in [0.25, 0.3) is 0 Å². The average Bonchev–Trinajstić information content (AvgIpc) is 3.22. The summed E-state index contributed by atoms with van der Waals surface area (Å²) >= 11 is 3.42. The van der Waals surface area contributed by atoms with Gasteiger partial charge in [0.1, 0.15) is 6.04 Å². The molecule has 1 aliphatic carbocycles. The zero-order valence-electron chi connectivity index (χ0n) is 11.2. The number of hydrogen-bond donors (Lipinski definition) is 2. The quantitative estimate of drug-likeness (QED) is 0.904. The summed E-state index contributed by atoms with van der Waals surface area (Å²) in [6, 6.07) is 8.05. The second-order valence-electron chi connectivity index (χ2n) is 5.18. The van der Waals surface area contributed by atoms with Crippen molar-refractivity contribution in [3.8, 4) is 0 Å². The number of para-hydroxylation sites is 1. The number of fused-ring (bicyclic) bond motifs is 1. The smallest absolute Gasteiger partial charge is 0.242 e. The topological polar surface area (TPSA) is 54.0 Å². The molecule has 3 rings (SSSR count). The van der Waals surface area contributed by atoms with Crippen LogP contribution in [0.15, 0.2) is 34.9 Å². The number of amides is 1. The Labute approximate surface area is 126 Å². The SMILES string of the molecule is CC(Nc1cccc2cc(Br)cnc12)C(=O)NC1CC1. The molecule has 5 heteroatoms. The Morgan fingerprint density at radius 2 is 2.25 bits per heavy atom. The van der Waals surface area contributed by atoms with Gasteiger partial charge in [-0.2, -0.15) is 0 Å². The number of nitrogens with one attached hydrogen (secondary N) is 2. The third kappa shape index (κ3) is 2.93. The maximum atomic E-state index is 12.0. The summed E-state index contributed by atoms with van der Waals surface area (Å²) in [5.74, 6) is 0.0432. The van der Waals surface area contributed by atoms with Crippen LogP contribution in [0.1, 0.15) is 19.8 Å². The highest BCUT2D eigenvalue weighted by molar-refractivity contribution is 9.10. The van der Waals surface area contributed by atoms with E-state index >= 15 is 0 Å². The predicted octanol–water partition coefficient (Wildman–Crippen LogP) is 3.08. The molecule has 1 saturated carbocycles. The minimum absolute atomic E-state index is 0.0432. The van der Waals surface area contributed by atoms with E-state index in [9.17, 15) is 4.79 Å². The molecule has 1 heterocycles. The van der Waals surface area contributed by atoms with Crippen LogP contribution in [0, 0.1) is 0 Å². The summed E-state index contributed by atoms with van der Waals surface area (Å²) in [6.07, 6.45) is 3.97. The van der Waals surface area contributed by atoms with Crippen LogP contribution in [0.2, 0.25) is 0 Å². The van der Waals surface area contributed by atoms with Gasteiger partial charge in [0, 0.05) is 22.1 Å². The summed E-state index contributed by atoms with van der Waals surface area (Å²) in [7, 11) is 0. The van der Waals surface area contributed by atoms with E-state index < -0.39 is 0 Å². The van der Waals surface area contributed by atoms with Gasteiger partial charge in [-0.25, -0.2) is 0 Å². The number of benzene rings is 1. The molecule has 1 aliphatic rings. The predicted molar refractivity (Wildman–Crippen MR) is 83.7 cm³/mol. The van der Waals surface area contributed by atoms with E-state index in [-0.39, 0.29) is 11.9 Å². The summed E-state index contributed by atoms with van der Waals surface area (Å²) in [6.45, 7) is 1.87. The molecule has 104 valence electrons. The van der Waals surface area contributed by atoms with Gasteiger partial charge < -0.3 is 10.6 Å². The maximum absolute atomic E-state index is 12.0. The Hall–Kier alpha value is -1.62. The fourth-order valence-electron chi connectivity index (χ4n) is 2.10. The van der Waals surface area contributed by atoms with Gasteiger partial charge >= 0.3 is 0 Å². The molecule has 2 aromatic rings. The molecule has 1 atom stereocenters. The van der Waals surface area contributed by atoms with Crippen molar-refractivity contribution < 1.29 is 4.79 Å². The molecule has 0 saturated heterocycles. The molecule has 20 heavy (non-hydrogen) atoms. The number of anilines is 1. The summed E-state index contributed by atoms with van der Waals surface area (Å²) in [5, 5.41) is 7.29. The monoisotopic (exact) mass is 333 g/mol. The standard InChI is InChI=1S/C15H16BrN3O/c1-9(15(20)19-12-5-6-12)18-13-4-2-3-10-7-11(16)8-17-14(10)13/h2-4,7-9,12,18H,5-6H2,1H3,(H,19,20). The van der Waals surface area contributed by atoms with E-state index in [1.807, 2.05) is 31.2 Å². The molecule has 0 spiro atoms. The van der Waals surface area contributed by atoms with E-state index in [1.54, 1.807) is 6.20 Å². The van der Waals surface area contributed by atoms with E-state index in [4.69, 9.17) is 0 Å². The fourth-order valence-corrected chi connectivity index (χ4v) is 2.45. The Kier molecular flexibility index (Phi) is 3.61. The number of aromatic nitrogens is 1. The number of nitrogens with zero attached hydrogens (tertiary/aromatic N) is 1. The van der Waals surface area contributed by atoms with Gasteiger partial charge in [-0.15, -0.1) is 0 Å². The average molecular weight is 334 g/mol. The summed E-state index contributed by atoms with van der Waals surface area (Å²) in [5.41, 5.74) is 1.76. The lowest BCUT2D eigenvalue weighted by Gasteiger charge is -2.16. The molecule has 1 fully saturated rings. The molecule has 1 aromatic carbocycles. The van der Waals surface area contributed by atoms with Gasteiger partial charge in [-0.3, -0.25) is 9.78 Å². The third-order valence-electron chi connectivity index (χ3n) is 3.37. The van der Waals surface area contributed by atoms with Gasteiger partial charge in [-0.1, -0.05) is 12.1 Å². The molecular weight excluding hydrogens is 318 g/mol. The second-order valence-corrected chi connectivity index (χ2v) is 6.10. The zero-order chi connectivity index (χ0) is 14.1. The number of rotatable bonds is 4. The van der Waals surface area contributed by atoms with Crippen molar-refractivity contribution in [3.63, 3.8) is 0 Å². The first-order valence-corrected chi connectivity index (χ1v) is 7.54. The minimum Gasteiger partial charge on any atom is -0.372 e. The number of pyridine rings is 1. The van der Waals surface area contributed by atoms with Crippen LogP contribution in [0.3, 0.4) is 0 Å². The molecule has 2 N–H and O–H groups in total. The number of hydrogen-bond acceptors (Lipinski definition) is 3. The van der Waals surface area contributed by atoms with Crippen molar-refractivity contribution in [2.45, 2.75) is 31.8 Å². The lowest BCUT2D eigenvalue weighted by atomic mass is 10.1. The molecule has 1 amide bonds. The van der Waals surface area contributed by atoms with Crippen molar-refractivity contribution >= 4 is 38.4 Å². The van der Waals surface area contributed by atoms with Crippen molar-refractivity contribution in [2.24, 2.45) is 0 Å². The van der Waals surface area contributed by atoms with Crippen molar-refractivity contribution in [1.82, 2.24) is 10.3 Å². The first-order valence-electron chi connectivity index (χ1n) is 6.74. The van der Waals surface area contributed by atoms with E-state index in [2.05, 4.69) is 31.5 Å². The van der Waals surface area contributed by atoms with Crippen molar-refractivity contribution in [2.75, 3.05) is 5.32 Å². The van der Waals surface area contributed by atoms with Crippen LogP contribution in [0.4, 0.5) is 5.69 Å². The lowest BCUT2D eigenvalue weighted by molar-refractivity contribution is -0.121. The Bertz CT molecular complexity index is 655. The highest BCUT2D eigenvalue weighted by Gasteiger charge is 2.25. The molecule has 0 bridgehead atoms. The minimum atomic E-state index is -0.272. The highest BCUT2D eigenvalue weighted by Crippen LogP contribution is 2.24. The first kappa shape index (κ1) is 13.4. The molecule has 1 aromatic heterocycles. The zero-order valence-corrected chi connectivity index (χ0v) is 12.8. The summed E-state index contributed by atoms with van der Waals surface area (Å²) < 4.78 is 0.946. The Balaban J connectivity index is 1.80. The molecule has 0 radical (unpaired) electrons. The Morgan fingerprint density at radius 3 is 3.00 bits per heavy atom. The van der Waals surface area contributed by atoms with Crippen LogP contribution in [0.25, 0.3) is 10.9 Å². The van der Waals surface area contributed by atoms with E-state index in [1.165, 1.54) is 0 Å². The van der Waals surface area contributed by atoms with Crippen LogP contribution in [0.5, 0.6) is 0 Å². The van der Waals surface area contributed by atoms with Crippen molar-refractivity contribution in [3.05, 3.63) is 34.9 Å². The lowest BCUT2D eigenvalue weighted by Crippen LogP contribution is -2.38. The maximum Gasteiger partial charge on any atom is 0.242 e. The first-order chi connectivity index (χ1) is 9.63. The van der Waals surface area contributed by atoms with Crippen LogP contribution in [-0.2, 0) is 4.79 Å². The van der Waals surface area contributed by atoms with Gasteiger partial charge in [0.15, 0.2) is 0 Å². The normalized spacial score (nSPS) is 15.9. The van der Waals surface area contributed by atoms with Gasteiger partial charge in [-0.05, 0) is 47.8 Å². The van der Waals surface area contributed by atoms with Gasteiger partial charge in [0.05, 0.1) is 11.2 Å².